The molecule has 0 bridgehead atoms. The molecule has 4 atom stereocenters. The zero-order valence-electron chi connectivity index (χ0n) is 10.2. The minimum absolute atomic E-state index is 0.185. The van der Waals surface area contributed by atoms with Gasteiger partial charge in [-0.2, -0.15) is 4.39 Å². The zero-order valence-corrected chi connectivity index (χ0v) is 10.2. The number of hydrogen-bond acceptors (Lipinski definition) is 5. The fourth-order valence-corrected chi connectivity index (χ4v) is 2.03. The molecule has 21 heavy (non-hydrogen) atoms. The first-order chi connectivity index (χ1) is 9.74. The quantitative estimate of drug-likeness (QED) is 0.614. The van der Waals surface area contributed by atoms with Crippen LogP contribution < -0.4 is 11.2 Å². The summed E-state index contributed by atoms with van der Waals surface area (Å²) in [6.07, 6.45) is -10.3. The molecule has 11 heteroatoms. The van der Waals surface area contributed by atoms with Gasteiger partial charge in [-0.25, -0.2) is 18.0 Å². The first-order valence-corrected chi connectivity index (χ1v) is 5.64. The van der Waals surface area contributed by atoms with Crippen LogP contribution in [0.15, 0.2) is 15.8 Å². The van der Waals surface area contributed by atoms with Crippen LogP contribution in [0, 0.1) is 5.82 Å². The molecule has 2 rings (SSSR count). The fraction of sp³-hybridized carbons (Fsp3) is 0.600. The van der Waals surface area contributed by atoms with Crippen molar-refractivity contribution in [3.05, 3.63) is 32.9 Å². The Morgan fingerprint density at radius 3 is 2.57 bits per heavy atom. The summed E-state index contributed by atoms with van der Waals surface area (Å²) in [5.74, 6) is -1.47. The van der Waals surface area contributed by atoms with Crippen molar-refractivity contribution in [2.24, 2.45) is 0 Å². The summed E-state index contributed by atoms with van der Waals surface area (Å²) < 4.78 is 57.7. The molecule has 0 spiro atoms. The smallest absolute Gasteiger partial charge is 0.330 e. The van der Waals surface area contributed by atoms with Crippen LogP contribution in [0.1, 0.15) is 6.23 Å². The van der Waals surface area contributed by atoms with Crippen LogP contribution in [0.2, 0.25) is 0 Å². The van der Waals surface area contributed by atoms with Gasteiger partial charge in [-0.1, -0.05) is 0 Å². The summed E-state index contributed by atoms with van der Waals surface area (Å²) in [5.41, 5.74) is -5.65. The van der Waals surface area contributed by atoms with E-state index in [2.05, 4.69) is 4.74 Å². The summed E-state index contributed by atoms with van der Waals surface area (Å²) in [6, 6.07) is 0. The Morgan fingerprint density at radius 1 is 1.48 bits per heavy atom. The predicted octanol–water partition coefficient (Wildman–Crippen LogP) is -1.10. The number of aliphatic hydroxyl groups is 2. The van der Waals surface area contributed by atoms with Crippen molar-refractivity contribution in [3.8, 4) is 0 Å². The van der Waals surface area contributed by atoms with Crippen molar-refractivity contribution in [2.75, 3.05) is 6.61 Å². The molecule has 1 fully saturated rings. The highest BCUT2D eigenvalue weighted by Gasteiger charge is 2.61. The van der Waals surface area contributed by atoms with Gasteiger partial charge in [0.2, 0.25) is 5.82 Å². The minimum Gasteiger partial charge on any atom is -0.393 e. The maximum atomic E-state index is 13.9. The molecule has 0 saturated carbocycles. The number of hydrogen-bond donors (Lipinski definition) is 3. The van der Waals surface area contributed by atoms with Crippen LogP contribution in [-0.2, 0) is 4.74 Å². The van der Waals surface area contributed by atoms with Gasteiger partial charge in [-0.05, 0) is 0 Å². The standard InChI is InChI=1S/C10H10F4N2O5/c11-3-1-16(9(20)15-6(3)19)7-4(12)5(18)10(2-17,21-7)8(13)14/h1,4-5,7-8,17-18H,2H2,(H,15,19,20). The Hall–Kier alpha value is -1.72. The van der Waals surface area contributed by atoms with Gasteiger partial charge < -0.3 is 14.9 Å². The Bertz CT molecular complexity index is 647. The zero-order chi connectivity index (χ0) is 15.9. The number of aromatic nitrogens is 2. The van der Waals surface area contributed by atoms with Crippen molar-refractivity contribution in [1.82, 2.24) is 9.55 Å². The van der Waals surface area contributed by atoms with Gasteiger partial charge in [0.15, 0.2) is 18.0 Å². The maximum absolute atomic E-state index is 13.9. The third-order valence-corrected chi connectivity index (χ3v) is 3.23. The average molecular weight is 314 g/mol. The van der Waals surface area contributed by atoms with Crippen LogP contribution in [0.25, 0.3) is 0 Å². The molecule has 118 valence electrons. The van der Waals surface area contributed by atoms with Crippen LogP contribution in [0.4, 0.5) is 17.6 Å². The monoisotopic (exact) mass is 314 g/mol. The second-order valence-corrected chi connectivity index (χ2v) is 4.46. The average Bonchev–Trinajstić information content (AvgIpc) is 2.68. The van der Waals surface area contributed by atoms with E-state index in [1.165, 1.54) is 4.98 Å². The molecule has 1 aromatic heterocycles. The van der Waals surface area contributed by atoms with E-state index in [0.717, 1.165) is 0 Å². The number of alkyl halides is 3. The molecular formula is C10H10F4N2O5. The number of ether oxygens (including phenoxy) is 1. The van der Waals surface area contributed by atoms with Gasteiger partial charge in [0.05, 0.1) is 12.8 Å². The van der Waals surface area contributed by atoms with Crippen LogP contribution in [-0.4, -0.2) is 50.7 Å². The van der Waals surface area contributed by atoms with Gasteiger partial charge in [-0.15, -0.1) is 0 Å². The highest BCUT2D eigenvalue weighted by Crippen LogP contribution is 2.41. The highest BCUT2D eigenvalue weighted by atomic mass is 19.3. The van der Waals surface area contributed by atoms with E-state index < -0.39 is 54.2 Å². The van der Waals surface area contributed by atoms with Crippen LogP contribution in [0.5, 0.6) is 0 Å². The number of H-pyrrole nitrogens is 1. The number of rotatable bonds is 3. The number of aliphatic hydroxyl groups excluding tert-OH is 2. The van der Waals surface area contributed by atoms with E-state index in [-0.39, 0.29) is 10.8 Å². The first kappa shape index (κ1) is 15.7. The SMILES string of the molecule is O=c1[nH]c(=O)n(C2OC(CO)(C(F)F)C(O)C2F)cc1F. The van der Waals surface area contributed by atoms with Crippen LogP contribution in [0.3, 0.4) is 0 Å². The van der Waals surface area contributed by atoms with E-state index >= 15 is 0 Å². The molecule has 0 aromatic carbocycles. The van der Waals surface area contributed by atoms with Crippen molar-refractivity contribution >= 4 is 0 Å². The molecule has 0 aliphatic carbocycles. The van der Waals surface area contributed by atoms with Gasteiger partial charge in [0.25, 0.3) is 12.0 Å². The Morgan fingerprint density at radius 2 is 2.10 bits per heavy atom. The van der Waals surface area contributed by atoms with Crippen molar-refractivity contribution < 1.29 is 32.5 Å². The molecule has 1 aliphatic rings. The van der Waals surface area contributed by atoms with Crippen LogP contribution >= 0.6 is 0 Å². The number of nitrogens with zero attached hydrogens (tertiary/aromatic N) is 1. The molecule has 4 unspecified atom stereocenters. The Balaban J connectivity index is 2.50. The van der Waals surface area contributed by atoms with E-state index in [9.17, 15) is 32.3 Å². The summed E-state index contributed by atoms with van der Waals surface area (Å²) in [4.78, 5) is 23.8. The van der Waals surface area contributed by atoms with Gasteiger partial charge in [0, 0.05) is 0 Å². The Kier molecular flexibility index (Phi) is 3.91. The number of aromatic amines is 1. The largest absolute Gasteiger partial charge is 0.393 e. The number of halogens is 4. The highest BCUT2D eigenvalue weighted by molar-refractivity contribution is 5.04. The topological polar surface area (TPSA) is 105 Å². The molecule has 1 aromatic rings. The third-order valence-electron chi connectivity index (χ3n) is 3.23. The lowest BCUT2D eigenvalue weighted by Gasteiger charge is -2.28. The van der Waals surface area contributed by atoms with E-state index in [1.54, 1.807) is 0 Å². The first-order valence-electron chi connectivity index (χ1n) is 5.64. The third kappa shape index (κ3) is 2.26. The van der Waals surface area contributed by atoms with Crippen molar-refractivity contribution in [3.63, 3.8) is 0 Å². The Labute approximate surface area is 113 Å². The fourth-order valence-electron chi connectivity index (χ4n) is 2.03. The molecule has 0 radical (unpaired) electrons. The minimum atomic E-state index is -3.47. The van der Waals surface area contributed by atoms with Crippen molar-refractivity contribution in [2.45, 2.75) is 30.5 Å². The molecule has 1 saturated heterocycles. The summed E-state index contributed by atoms with van der Waals surface area (Å²) in [6.45, 7) is -1.43. The summed E-state index contributed by atoms with van der Waals surface area (Å²) >= 11 is 0. The second-order valence-electron chi connectivity index (χ2n) is 4.46. The lowest BCUT2D eigenvalue weighted by atomic mass is 9.97. The van der Waals surface area contributed by atoms with Gasteiger partial charge in [-0.3, -0.25) is 14.3 Å². The molecule has 2 heterocycles. The summed E-state index contributed by atoms with van der Waals surface area (Å²) in [7, 11) is 0. The van der Waals surface area contributed by atoms with E-state index in [0.29, 0.717) is 0 Å². The maximum Gasteiger partial charge on any atom is 0.330 e. The second kappa shape index (κ2) is 5.24. The lowest BCUT2D eigenvalue weighted by molar-refractivity contribution is -0.196. The molecule has 1 aliphatic heterocycles. The predicted molar refractivity (Wildman–Crippen MR) is 58.1 cm³/mol. The normalized spacial score (nSPS) is 32.8. The van der Waals surface area contributed by atoms with Gasteiger partial charge in [0.1, 0.15) is 6.10 Å². The van der Waals surface area contributed by atoms with Crippen molar-refractivity contribution in [1.29, 1.82) is 0 Å². The molecule has 7 nitrogen and oxygen atoms in total. The van der Waals surface area contributed by atoms with Gasteiger partial charge >= 0.3 is 5.69 Å². The molecular weight excluding hydrogens is 304 g/mol. The number of nitrogens with one attached hydrogen (secondary N) is 1. The van der Waals surface area contributed by atoms with E-state index in [1.807, 2.05) is 0 Å². The molecule has 3 N–H and O–H groups in total. The lowest BCUT2D eigenvalue weighted by Crippen LogP contribution is -2.51. The molecule has 0 amide bonds. The summed E-state index contributed by atoms with van der Waals surface area (Å²) in [5, 5.41) is 18.5. The van der Waals surface area contributed by atoms with E-state index in [4.69, 9.17) is 5.11 Å².